The van der Waals surface area contributed by atoms with Gasteiger partial charge in [-0.25, -0.2) is 0 Å². The summed E-state index contributed by atoms with van der Waals surface area (Å²) in [7, 11) is 0. The summed E-state index contributed by atoms with van der Waals surface area (Å²) < 4.78 is 0. The van der Waals surface area contributed by atoms with E-state index in [1.807, 2.05) is 13.8 Å². The third kappa shape index (κ3) is 6.65. The van der Waals surface area contributed by atoms with Gasteiger partial charge in [-0.05, 0) is 56.7 Å². The van der Waals surface area contributed by atoms with Crippen LogP contribution in [-0.2, 0) is 0 Å². The fourth-order valence-corrected chi connectivity index (χ4v) is 2.76. The predicted molar refractivity (Wildman–Crippen MR) is 97.7 cm³/mol. The van der Waals surface area contributed by atoms with Crippen LogP contribution in [0.2, 0.25) is 0 Å². The molecule has 1 rings (SSSR count). The minimum absolute atomic E-state index is 0.660. The van der Waals surface area contributed by atoms with E-state index in [2.05, 4.69) is 58.2 Å². The zero-order valence-electron chi connectivity index (χ0n) is 15.5. The van der Waals surface area contributed by atoms with Gasteiger partial charge in [-0.2, -0.15) is 0 Å². The first-order valence-electron chi connectivity index (χ1n) is 8.79. The van der Waals surface area contributed by atoms with Crippen LogP contribution in [0, 0.1) is 5.92 Å². The molecule has 0 N–H and O–H groups in total. The van der Waals surface area contributed by atoms with E-state index in [4.69, 9.17) is 0 Å². The molecule has 1 heteroatoms. The van der Waals surface area contributed by atoms with Crippen LogP contribution in [0.5, 0.6) is 0 Å². The van der Waals surface area contributed by atoms with E-state index in [0.717, 1.165) is 25.9 Å². The summed E-state index contributed by atoms with van der Waals surface area (Å²) in [5.41, 5.74) is 4.25. The van der Waals surface area contributed by atoms with Gasteiger partial charge in [-0.15, -0.1) is 0 Å². The molecule has 0 aromatic rings. The number of rotatable bonds is 7. The van der Waals surface area contributed by atoms with E-state index in [0.29, 0.717) is 12.0 Å². The number of allylic oxidation sites excluding steroid dienone is 4. The SMILES string of the molecule is C=C(CCN(CC)C(C)CC)C1=C(C)C=CC(C)C1.CC. The Labute approximate surface area is 133 Å². The van der Waals surface area contributed by atoms with E-state index in [9.17, 15) is 0 Å². The van der Waals surface area contributed by atoms with Crippen LogP contribution < -0.4 is 0 Å². The lowest BCUT2D eigenvalue weighted by Gasteiger charge is -2.28. The minimum Gasteiger partial charge on any atom is -0.301 e. The van der Waals surface area contributed by atoms with Crippen LogP contribution in [0.4, 0.5) is 0 Å². The van der Waals surface area contributed by atoms with Crippen LogP contribution in [0.25, 0.3) is 0 Å². The Kier molecular flexibility index (Phi) is 10.4. The molecule has 0 saturated carbocycles. The molecule has 1 aliphatic carbocycles. The molecule has 0 aromatic heterocycles. The number of hydrogen-bond acceptors (Lipinski definition) is 1. The average Bonchev–Trinajstić information content (AvgIpc) is 2.51. The monoisotopic (exact) mass is 291 g/mol. The van der Waals surface area contributed by atoms with Gasteiger partial charge < -0.3 is 4.90 Å². The lowest BCUT2D eigenvalue weighted by atomic mass is 9.86. The van der Waals surface area contributed by atoms with Crippen LogP contribution in [0.3, 0.4) is 0 Å². The Balaban J connectivity index is 0.00000191. The molecule has 0 radical (unpaired) electrons. The molecule has 1 aliphatic rings. The predicted octanol–water partition coefficient (Wildman–Crippen LogP) is 5.99. The van der Waals surface area contributed by atoms with Gasteiger partial charge in [0.2, 0.25) is 0 Å². The van der Waals surface area contributed by atoms with E-state index in [-0.39, 0.29) is 0 Å². The first-order chi connectivity index (χ1) is 9.99. The largest absolute Gasteiger partial charge is 0.301 e. The Morgan fingerprint density at radius 3 is 2.52 bits per heavy atom. The summed E-state index contributed by atoms with van der Waals surface area (Å²) in [5, 5.41) is 0. The lowest BCUT2D eigenvalue weighted by molar-refractivity contribution is 0.217. The molecule has 2 atom stereocenters. The van der Waals surface area contributed by atoms with Gasteiger partial charge in [-0.3, -0.25) is 0 Å². The highest BCUT2D eigenvalue weighted by molar-refractivity contribution is 5.40. The summed E-state index contributed by atoms with van der Waals surface area (Å²) in [4.78, 5) is 2.56. The van der Waals surface area contributed by atoms with Crippen molar-refractivity contribution in [3.05, 3.63) is 35.5 Å². The fourth-order valence-electron chi connectivity index (χ4n) is 2.76. The molecule has 1 nitrogen and oxygen atoms in total. The van der Waals surface area contributed by atoms with E-state index in [1.165, 1.54) is 23.1 Å². The van der Waals surface area contributed by atoms with Crippen molar-refractivity contribution in [3.63, 3.8) is 0 Å². The van der Waals surface area contributed by atoms with Crippen molar-refractivity contribution in [2.24, 2.45) is 5.92 Å². The van der Waals surface area contributed by atoms with Crippen LogP contribution >= 0.6 is 0 Å². The highest BCUT2D eigenvalue weighted by atomic mass is 15.1. The van der Waals surface area contributed by atoms with Crippen LogP contribution in [0.1, 0.15) is 67.7 Å². The zero-order valence-corrected chi connectivity index (χ0v) is 15.5. The second-order valence-electron chi connectivity index (χ2n) is 5.94. The molecule has 0 amide bonds. The Morgan fingerprint density at radius 1 is 1.38 bits per heavy atom. The lowest BCUT2D eigenvalue weighted by Crippen LogP contribution is -2.33. The van der Waals surface area contributed by atoms with E-state index < -0.39 is 0 Å². The molecule has 0 bridgehead atoms. The maximum absolute atomic E-state index is 4.34. The van der Waals surface area contributed by atoms with Gasteiger partial charge in [0.1, 0.15) is 0 Å². The molecule has 122 valence electrons. The van der Waals surface area contributed by atoms with Gasteiger partial charge in [0.25, 0.3) is 0 Å². The summed E-state index contributed by atoms with van der Waals surface area (Å²) in [6.45, 7) is 22.0. The van der Waals surface area contributed by atoms with Gasteiger partial charge >= 0.3 is 0 Å². The zero-order chi connectivity index (χ0) is 16.4. The molecule has 2 unspecified atom stereocenters. The van der Waals surface area contributed by atoms with Crippen molar-refractivity contribution in [2.45, 2.75) is 73.8 Å². The second kappa shape index (κ2) is 10.8. The molecule has 0 heterocycles. The van der Waals surface area contributed by atoms with Crippen molar-refractivity contribution in [2.75, 3.05) is 13.1 Å². The maximum atomic E-state index is 4.34. The van der Waals surface area contributed by atoms with Crippen molar-refractivity contribution in [3.8, 4) is 0 Å². The first kappa shape index (κ1) is 20.2. The van der Waals surface area contributed by atoms with Gasteiger partial charge in [0.15, 0.2) is 0 Å². The van der Waals surface area contributed by atoms with Crippen molar-refractivity contribution in [1.82, 2.24) is 4.90 Å². The third-order valence-corrected chi connectivity index (χ3v) is 4.42. The molecule has 0 aromatic carbocycles. The topological polar surface area (TPSA) is 3.24 Å². The Hall–Kier alpha value is -0.820. The normalized spacial score (nSPS) is 19.3. The standard InChI is InChI=1S/C18H31N.C2H6/c1-7-17(6)19(8-2)12-11-16(5)18-13-14(3)9-10-15(18)4;1-2/h9-10,14,17H,5,7-8,11-13H2,1-4,6H3;1-2H3. The van der Waals surface area contributed by atoms with Gasteiger partial charge in [0, 0.05) is 12.6 Å². The highest BCUT2D eigenvalue weighted by Crippen LogP contribution is 2.29. The molecule has 0 aliphatic heterocycles. The molecule has 0 fully saturated rings. The Morgan fingerprint density at radius 2 is 2.00 bits per heavy atom. The average molecular weight is 292 g/mol. The van der Waals surface area contributed by atoms with Crippen LogP contribution in [-0.4, -0.2) is 24.0 Å². The van der Waals surface area contributed by atoms with Crippen molar-refractivity contribution < 1.29 is 0 Å². The smallest absolute Gasteiger partial charge is 0.00643 e. The van der Waals surface area contributed by atoms with Crippen molar-refractivity contribution in [1.29, 1.82) is 0 Å². The molecular formula is C20H37N. The molecule has 21 heavy (non-hydrogen) atoms. The quantitative estimate of drug-likeness (QED) is 0.556. The highest BCUT2D eigenvalue weighted by Gasteiger charge is 2.15. The summed E-state index contributed by atoms with van der Waals surface area (Å²) in [6, 6.07) is 0.679. The van der Waals surface area contributed by atoms with E-state index >= 15 is 0 Å². The van der Waals surface area contributed by atoms with Gasteiger partial charge in [0.05, 0.1) is 0 Å². The summed E-state index contributed by atoms with van der Waals surface area (Å²) in [6.07, 6.45) is 8.06. The molecular weight excluding hydrogens is 254 g/mol. The second-order valence-corrected chi connectivity index (χ2v) is 5.94. The third-order valence-electron chi connectivity index (χ3n) is 4.42. The van der Waals surface area contributed by atoms with Crippen molar-refractivity contribution >= 4 is 0 Å². The summed E-state index contributed by atoms with van der Waals surface area (Å²) >= 11 is 0. The maximum Gasteiger partial charge on any atom is 0.00643 e. The van der Waals surface area contributed by atoms with E-state index in [1.54, 1.807) is 0 Å². The molecule has 0 spiro atoms. The minimum atomic E-state index is 0.660. The Bertz CT molecular complexity index is 362. The van der Waals surface area contributed by atoms with Crippen LogP contribution in [0.15, 0.2) is 35.5 Å². The summed E-state index contributed by atoms with van der Waals surface area (Å²) in [5.74, 6) is 0.660. The molecule has 0 saturated heterocycles. The fraction of sp³-hybridized carbons (Fsp3) is 0.700. The first-order valence-corrected chi connectivity index (χ1v) is 8.79. The van der Waals surface area contributed by atoms with Gasteiger partial charge in [-0.1, -0.05) is 58.9 Å². The number of nitrogens with zero attached hydrogens (tertiary/aromatic N) is 1. The number of hydrogen-bond donors (Lipinski definition) is 0.